The molecule has 0 bridgehead atoms. The molecule has 152 valence electrons. The summed E-state index contributed by atoms with van der Waals surface area (Å²) in [7, 11) is 0. The first kappa shape index (κ1) is 21.2. The van der Waals surface area contributed by atoms with E-state index in [9.17, 15) is 14.7 Å². The highest BCUT2D eigenvalue weighted by Crippen LogP contribution is 2.70. The van der Waals surface area contributed by atoms with Gasteiger partial charge in [0.2, 0.25) is 0 Å². The molecule has 1 fully saturated rings. The van der Waals surface area contributed by atoms with Gasteiger partial charge >= 0.3 is 11.9 Å². The molecule has 1 aliphatic rings. The number of carbonyl (C=O) groups excluding carboxylic acids is 1. The van der Waals surface area contributed by atoms with Gasteiger partial charge < -0.3 is 14.6 Å². The Bertz CT molecular complexity index is 951. The van der Waals surface area contributed by atoms with Crippen LogP contribution < -0.4 is 4.74 Å². The van der Waals surface area contributed by atoms with E-state index in [1.54, 1.807) is 38.1 Å². The standard InChI is InChI=1S/C22H20Cl2O5/c1-21(2)17(12-18(23)24)22(21,19(25)26)20(27)28-13-14-7-6-10-16(11-14)29-15-8-4-3-5-9-15/h3-12,17H,13H2,1-2H3,(H,25,26). The Kier molecular flexibility index (Phi) is 5.92. The van der Waals surface area contributed by atoms with E-state index < -0.39 is 28.7 Å². The van der Waals surface area contributed by atoms with E-state index in [1.807, 2.05) is 30.3 Å². The van der Waals surface area contributed by atoms with Crippen LogP contribution in [0.3, 0.4) is 0 Å². The van der Waals surface area contributed by atoms with E-state index in [2.05, 4.69) is 0 Å². The van der Waals surface area contributed by atoms with Gasteiger partial charge in [-0.1, -0.05) is 67.4 Å². The van der Waals surface area contributed by atoms with Gasteiger partial charge in [-0.25, -0.2) is 0 Å². The predicted octanol–water partition coefficient (Wildman–Crippen LogP) is 5.57. The van der Waals surface area contributed by atoms with Gasteiger partial charge in [-0.2, -0.15) is 0 Å². The van der Waals surface area contributed by atoms with Gasteiger partial charge in [0, 0.05) is 11.3 Å². The number of carbonyl (C=O) groups is 2. The zero-order valence-corrected chi connectivity index (χ0v) is 17.4. The van der Waals surface area contributed by atoms with Crippen LogP contribution in [-0.4, -0.2) is 17.0 Å². The largest absolute Gasteiger partial charge is 0.480 e. The fourth-order valence-corrected chi connectivity index (χ4v) is 3.99. The monoisotopic (exact) mass is 434 g/mol. The number of hydrogen-bond acceptors (Lipinski definition) is 4. The van der Waals surface area contributed by atoms with Crippen molar-refractivity contribution in [3.05, 3.63) is 70.7 Å². The SMILES string of the molecule is CC1(C)C(C=C(Cl)Cl)C1(C(=O)O)C(=O)OCc1cccc(Oc2ccccc2)c1. The fraction of sp³-hybridized carbons (Fsp3) is 0.273. The Balaban J connectivity index is 1.72. The summed E-state index contributed by atoms with van der Waals surface area (Å²) in [6.45, 7) is 3.27. The average molecular weight is 435 g/mol. The van der Waals surface area contributed by atoms with Crippen LogP contribution in [0.25, 0.3) is 0 Å². The van der Waals surface area contributed by atoms with Crippen LogP contribution in [0.2, 0.25) is 0 Å². The number of para-hydroxylation sites is 1. The molecule has 0 saturated heterocycles. The lowest BCUT2D eigenvalue weighted by Gasteiger charge is -2.15. The van der Waals surface area contributed by atoms with Crippen LogP contribution in [0, 0.1) is 16.7 Å². The number of hydrogen-bond donors (Lipinski definition) is 1. The predicted molar refractivity (Wildman–Crippen MR) is 110 cm³/mol. The minimum absolute atomic E-state index is 0.0789. The first-order valence-electron chi connectivity index (χ1n) is 8.95. The van der Waals surface area contributed by atoms with Crippen LogP contribution in [0.1, 0.15) is 19.4 Å². The Hall–Kier alpha value is -2.50. The summed E-state index contributed by atoms with van der Waals surface area (Å²) in [6.07, 6.45) is 1.38. The number of rotatable bonds is 7. The van der Waals surface area contributed by atoms with Crippen LogP contribution in [0.15, 0.2) is 65.2 Å². The molecule has 3 rings (SSSR count). The minimum Gasteiger partial charge on any atom is -0.480 e. The van der Waals surface area contributed by atoms with Crippen molar-refractivity contribution < 1.29 is 24.2 Å². The van der Waals surface area contributed by atoms with Gasteiger partial charge in [0.25, 0.3) is 0 Å². The van der Waals surface area contributed by atoms with E-state index in [1.165, 1.54) is 6.08 Å². The topological polar surface area (TPSA) is 72.8 Å². The number of allylic oxidation sites excluding steroid dienone is 1. The van der Waals surface area contributed by atoms with E-state index in [0.29, 0.717) is 17.1 Å². The number of aliphatic carboxylic acids is 1. The molecular formula is C22H20Cl2O5. The smallest absolute Gasteiger partial charge is 0.325 e. The van der Waals surface area contributed by atoms with E-state index in [-0.39, 0.29) is 11.1 Å². The molecule has 2 aromatic rings. The molecule has 0 heterocycles. The number of esters is 1. The molecule has 1 aliphatic carbocycles. The van der Waals surface area contributed by atoms with Gasteiger partial charge in [0.05, 0.1) is 0 Å². The van der Waals surface area contributed by atoms with E-state index in [4.69, 9.17) is 32.7 Å². The first-order valence-corrected chi connectivity index (χ1v) is 9.70. The van der Waals surface area contributed by atoms with Gasteiger partial charge in [-0.15, -0.1) is 0 Å². The third-order valence-electron chi connectivity index (χ3n) is 5.38. The second kappa shape index (κ2) is 8.09. The third-order valence-corrected chi connectivity index (χ3v) is 5.63. The number of benzene rings is 2. The summed E-state index contributed by atoms with van der Waals surface area (Å²) in [5.74, 6) is -1.47. The molecule has 0 aliphatic heterocycles. The van der Waals surface area contributed by atoms with Crippen LogP contribution >= 0.6 is 23.2 Å². The summed E-state index contributed by atoms with van der Waals surface area (Å²) in [5.41, 5.74) is -1.92. The number of carboxylic acids is 1. The second-order valence-electron chi connectivity index (χ2n) is 7.41. The fourth-order valence-electron chi connectivity index (χ4n) is 3.73. The van der Waals surface area contributed by atoms with Crippen LogP contribution in [0.4, 0.5) is 0 Å². The molecule has 2 aromatic carbocycles. The first-order chi connectivity index (χ1) is 13.7. The lowest BCUT2D eigenvalue weighted by atomic mass is 9.96. The maximum Gasteiger partial charge on any atom is 0.325 e. The van der Waals surface area contributed by atoms with E-state index >= 15 is 0 Å². The molecule has 7 heteroatoms. The number of halogens is 2. The van der Waals surface area contributed by atoms with Crippen molar-refractivity contribution in [1.82, 2.24) is 0 Å². The Morgan fingerprint density at radius 3 is 2.34 bits per heavy atom. The lowest BCUT2D eigenvalue weighted by Crippen LogP contribution is -2.33. The molecule has 0 aromatic heterocycles. The van der Waals surface area contributed by atoms with Gasteiger partial charge in [0.15, 0.2) is 5.41 Å². The van der Waals surface area contributed by atoms with Crippen LogP contribution in [-0.2, 0) is 20.9 Å². The molecular weight excluding hydrogens is 415 g/mol. The van der Waals surface area contributed by atoms with Crippen molar-refractivity contribution >= 4 is 35.1 Å². The van der Waals surface area contributed by atoms with Crippen molar-refractivity contribution in [2.24, 2.45) is 16.7 Å². The minimum atomic E-state index is -1.72. The normalized spacial score (nSPS) is 21.7. The van der Waals surface area contributed by atoms with Crippen molar-refractivity contribution in [1.29, 1.82) is 0 Å². The molecule has 5 nitrogen and oxygen atoms in total. The quantitative estimate of drug-likeness (QED) is 0.455. The van der Waals surface area contributed by atoms with Gasteiger partial charge in [-0.05, 0) is 35.9 Å². The highest BCUT2D eigenvalue weighted by molar-refractivity contribution is 6.55. The van der Waals surface area contributed by atoms with Crippen molar-refractivity contribution in [2.75, 3.05) is 0 Å². The highest BCUT2D eigenvalue weighted by Gasteiger charge is 2.80. The zero-order chi connectivity index (χ0) is 21.2. The summed E-state index contributed by atoms with van der Waals surface area (Å²) in [4.78, 5) is 24.7. The Morgan fingerprint density at radius 1 is 1.07 bits per heavy atom. The van der Waals surface area contributed by atoms with Crippen molar-refractivity contribution in [2.45, 2.75) is 20.5 Å². The molecule has 2 atom stereocenters. The summed E-state index contributed by atoms with van der Waals surface area (Å²) >= 11 is 11.4. The summed E-state index contributed by atoms with van der Waals surface area (Å²) in [6, 6.07) is 16.3. The maximum atomic E-state index is 12.8. The second-order valence-corrected chi connectivity index (χ2v) is 8.42. The summed E-state index contributed by atoms with van der Waals surface area (Å²) in [5, 5.41) is 9.76. The molecule has 0 radical (unpaired) electrons. The van der Waals surface area contributed by atoms with Crippen molar-refractivity contribution in [3.8, 4) is 11.5 Å². The third kappa shape index (κ3) is 3.98. The Morgan fingerprint density at radius 2 is 1.72 bits per heavy atom. The molecule has 1 saturated carbocycles. The number of ether oxygens (including phenoxy) is 2. The molecule has 29 heavy (non-hydrogen) atoms. The highest BCUT2D eigenvalue weighted by atomic mass is 35.5. The molecule has 0 amide bonds. The average Bonchev–Trinajstić information content (AvgIpc) is 3.16. The molecule has 1 N–H and O–H groups in total. The number of carboxylic acid groups (broad SMARTS) is 1. The van der Waals surface area contributed by atoms with Gasteiger partial charge in [-0.3, -0.25) is 9.59 Å². The molecule has 2 unspecified atom stereocenters. The maximum absolute atomic E-state index is 12.8. The molecule has 0 spiro atoms. The zero-order valence-electron chi connectivity index (χ0n) is 15.9. The van der Waals surface area contributed by atoms with E-state index in [0.717, 1.165) is 0 Å². The summed E-state index contributed by atoms with van der Waals surface area (Å²) < 4.78 is 11.1. The Labute approximate surface area is 178 Å². The van der Waals surface area contributed by atoms with Gasteiger partial charge in [0.1, 0.15) is 22.6 Å². The van der Waals surface area contributed by atoms with Crippen molar-refractivity contribution in [3.63, 3.8) is 0 Å². The van der Waals surface area contributed by atoms with Crippen LogP contribution in [0.5, 0.6) is 11.5 Å². The lowest BCUT2D eigenvalue weighted by molar-refractivity contribution is -0.164.